The summed E-state index contributed by atoms with van der Waals surface area (Å²) in [7, 11) is -4.36. The first-order valence-electron chi connectivity index (χ1n) is 9.51. The van der Waals surface area contributed by atoms with E-state index in [1.165, 1.54) is 12.1 Å². The molecular weight excluding hydrogens is 398 g/mol. The van der Waals surface area contributed by atoms with Gasteiger partial charge in [-0.2, -0.15) is 8.42 Å². The van der Waals surface area contributed by atoms with Crippen molar-refractivity contribution in [3.05, 3.63) is 29.8 Å². The molecule has 164 valence electrons. The minimum Gasteiger partial charge on any atom is -0.444 e. The summed E-state index contributed by atoms with van der Waals surface area (Å²) in [6.45, 7) is 7.76. The second kappa shape index (κ2) is 11.0. The largest absolute Gasteiger partial charge is 0.444 e. The molecule has 0 spiro atoms. The molecule has 1 unspecified atom stereocenters. The Kier molecular flexibility index (Phi) is 9.38. The molecule has 1 atom stereocenters. The van der Waals surface area contributed by atoms with Crippen LogP contribution in [0.1, 0.15) is 52.5 Å². The Morgan fingerprint density at radius 2 is 1.76 bits per heavy atom. The van der Waals surface area contributed by atoms with Crippen molar-refractivity contribution >= 4 is 28.0 Å². The zero-order valence-electron chi connectivity index (χ0n) is 17.3. The average molecular weight is 430 g/mol. The van der Waals surface area contributed by atoms with Crippen LogP contribution in [0.25, 0.3) is 0 Å². The summed E-state index contributed by atoms with van der Waals surface area (Å²) in [5, 5.41) is 5.41. The van der Waals surface area contributed by atoms with Crippen LogP contribution >= 0.6 is 0 Å². The second-order valence-electron chi connectivity index (χ2n) is 7.68. The summed E-state index contributed by atoms with van der Waals surface area (Å²) < 4.78 is 37.7. The molecule has 29 heavy (non-hydrogen) atoms. The number of unbranched alkanes of at least 4 members (excludes halogenated alkanes) is 2. The lowest BCUT2D eigenvalue weighted by atomic mass is 10.0. The Bertz CT molecular complexity index is 772. The number of hydrogen-bond donors (Lipinski definition) is 4. The van der Waals surface area contributed by atoms with Gasteiger partial charge in [0.2, 0.25) is 5.91 Å². The highest BCUT2D eigenvalue weighted by molar-refractivity contribution is 7.87. The molecule has 9 nitrogen and oxygen atoms in total. The van der Waals surface area contributed by atoms with Gasteiger partial charge in [-0.15, -0.1) is 0 Å². The van der Waals surface area contributed by atoms with Crippen molar-refractivity contribution in [2.75, 3.05) is 11.3 Å². The van der Waals surface area contributed by atoms with E-state index >= 15 is 0 Å². The first kappa shape index (κ1) is 24.7. The molecule has 1 aromatic carbocycles. The van der Waals surface area contributed by atoms with E-state index in [-0.39, 0.29) is 18.0 Å². The molecule has 1 aromatic rings. The summed E-state index contributed by atoms with van der Waals surface area (Å²) >= 11 is 0. The number of amides is 2. The Balaban J connectivity index is 2.83. The van der Waals surface area contributed by atoms with Gasteiger partial charge in [0.15, 0.2) is 0 Å². The Morgan fingerprint density at radius 1 is 1.14 bits per heavy atom. The van der Waals surface area contributed by atoms with Crippen molar-refractivity contribution in [1.82, 2.24) is 10.6 Å². The molecule has 0 bridgehead atoms. The minimum absolute atomic E-state index is 0.178. The average Bonchev–Trinajstić information content (AvgIpc) is 2.56. The monoisotopic (exact) mass is 429 g/mol. The van der Waals surface area contributed by atoms with E-state index in [1.807, 2.05) is 4.72 Å². The van der Waals surface area contributed by atoms with Gasteiger partial charge in [0.25, 0.3) is 0 Å². The molecule has 0 saturated carbocycles. The maximum absolute atomic E-state index is 12.6. The molecule has 0 saturated heterocycles. The lowest BCUT2D eigenvalue weighted by molar-refractivity contribution is -0.123. The van der Waals surface area contributed by atoms with Crippen LogP contribution in [0.5, 0.6) is 0 Å². The van der Waals surface area contributed by atoms with E-state index in [2.05, 4.69) is 17.6 Å². The number of alkyl carbamates (subject to hydrolysis) is 1. The van der Waals surface area contributed by atoms with Crippen molar-refractivity contribution in [2.45, 2.75) is 65.0 Å². The molecule has 0 radical (unpaired) electrons. The van der Waals surface area contributed by atoms with Crippen LogP contribution in [-0.2, 0) is 26.3 Å². The van der Waals surface area contributed by atoms with Gasteiger partial charge in [-0.05, 0) is 44.9 Å². The zero-order chi connectivity index (χ0) is 22.1. The van der Waals surface area contributed by atoms with Crippen LogP contribution in [0.3, 0.4) is 0 Å². The Labute approximate surface area is 172 Å². The van der Waals surface area contributed by atoms with E-state index < -0.39 is 28.0 Å². The molecule has 0 heterocycles. The highest BCUT2D eigenvalue weighted by atomic mass is 32.2. The van der Waals surface area contributed by atoms with E-state index in [9.17, 15) is 18.0 Å². The molecule has 0 aliphatic carbocycles. The molecule has 1 rings (SSSR count). The summed E-state index contributed by atoms with van der Waals surface area (Å²) in [6.07, 6.45) is 2.35. The van der Waals surface area contributed by atoms with Crippen LogP contribution in [0.2, 0.25) is 0 Å². The lowest BCUT2D eigenvalue weighted by Gasteiger charge is -2.23. The number of carbonyl (C=O) groups excluding carboxylic acids is 2. The molecular formula is C19H31N3O6S. The van der Waals surface area contributed by atoms with Gasteiger partial charge < -0.3 is 15.4 Å². The minimum atomic E-state index is -4.36. The first-order chi connectivity index (χ1) is 13.4. The predicted molar refractivity (Wildman–Crippen MR) is 111 cm³/mol. The fraction of sp³-hybridized carbons (Fsp3) is 0.579. The smallest absolute Gasteiger partial charge is 0.408 e. The summed E-state index contributed by atoms with van der Waals surface area (Å²) in [5.41, 5.74) is 0.169. The van der Waals surface area contributed by atoms with Crippen molar-refractivity contribution in [1.29, 1.82) is 0 Å². The number of benzene rings is 1. The van der Waals surface area contributed by atoms with Crippen molar-refractivity contribution < 1.29 is 27.3 Å². The number of anilines is 1. The number of ether oxygens (including phenoxy) is 1. The third-order valence-electron chi connectivity index (χ3n) is 3.73. The van der Waals surface area contributed by atoms with Gasteiger partial charge in [-0.3, -0.25) is 14.1 Å². The van der Waals surface area contributed by atoms with E-state index in [0.717, 1.165) is 19.3 Å². The lowest BCUT2D eigenvalue weighted by Crippen LogP contribution is -2.49. The van der Waals surface area contributed by atoms with Gasteiger partial charge in [-0.25, -0.2) is 4.79 Å². The summed E-state index contributed by atoms with van der Waals surface area (Å²) in [5.74, 6) is -0.327. The highest BCUT2D eigenvalue weighted by Crippen LogP contribution is 2.13. The standard InChI is InChI=1S/C19H31N3O6S/c1-5-6-7-12-20-17(23)16(21-18(24)28-19(2,3)4)13-14-8-10-15(11-9-14)22-29(25,26)27/h8-11,16,22H,5-7,12-13H2,1-4H3,(H,20,23)(H,21,24)(H,25,26,27). The highest BCUT2D eigenvalue weighted by Gasteiger charge is 2.24. The normalized spacial score (nSPS) is 12.7. The topological polar surface area (TPSA) is 134 Å². The van der Waals surface area contributed by atoms with Crippen LogP contribution in [0, 0.1) is 0 Å². The van der Waals surface area contributed by atoms with Gasteiger partial charge in [0.05, 0.1) is 5.69 Å². The Morgan fingerprint density at radius 3 is 2.28 bits per heavy atom. The van der Waals surface area contributed by atoms with Crippen molar-refractivity contribution in [3.8, 4) is 0 Å². The fourth-order valence-corrected chi connectivity index (χ4v) is 2.90. The van der Waals surface area contributed by atoms with Gasteiger partial charge in [0.1, 0.15) is 11.6 Å². The Hall–Kier alpha value is -2.33. The third kappa shape index (κ3) is 11.3. The predicted octanol–water partition coefficient (Wildman–Crippen LogP) is 2.64. The molecule has 4 N–H and O–H groups in total. The molecule has 0 aliphatic rings. The number of nitrogens with one attached hydrogen (secondary N) is 3. The van der Waals surface area contributed by atoms with E-state index in [4.69, 9.17) is 9.29 Å². The first-order valence-corrected chi connectivity index (χ1v) is 10.9. The van der Waals surface area contributed by atoms with Gasteiger partial charge in [0, 0.05) is 13.0 Å². The van der Waals surface area contributed by atoms with Crippen molar-refractivity contribution in [3.63, 3.8) is 0 Å². The maximum Gasteiger partial charge on any atom is 0.408 e. The third-order valence-corrected chi connectivity index (χ3v) is 4.22. The molecule has 10 heteroatoms. The SMILES string of the molecule is CCCCCNC(=O)C(Cc1ccc(NS(=O)(=O)O)cc1)NC(=O)OC(C)(C)C. The maximum atomic E-state index is 12.6. The van der Waals surface area contributed by atoms with Crippen LogP contribution in [-0.4, -0.2) is 43.2 Å². The quantitative estimate of drug-likeness (QED) is 0.334. The van der Waals surface area contributed by atoms with Gasteiger partial charge in [-0.1, -0.05) is 31.9 Å². The summed E-state index contributed by atoms with van der Waals surface area (Å²) in [6, 6.07) is 5.25. The van der Waals surface area contributed by atoms with Crippen molar-refractivity contribution in [2.24, 2.45) is 0 Å². The number of carbonyl (C=O) groups is 2. The molecule has 0 aromatic heterocycles. The van der Waals surface area contributed by atoms with Crippen LogP contribution in [0.15, 0.2) is 24.3 Å². The summed E-state index contributed by atoms with van der Waals surface area (Å²) in [4.78, 5) is 24.7. The molecule has 0 aliphatic heterocycles. The van der Waals surface area contributed by atoms with E-state index in [1.54, 1.807) is 32.9 Å². The van der Waals surface area contributed by atoms with E-state index in [0.29, 0.717) is 12.1 Å². The molecule has 0 fully saturated rings. The fourth-order valence-electron chi connectivity index (χ4n) is 2.46. The molecule has 2 amide bonds. The number of rotatable bonds is 10. The zero-order valence-corrected chi connectivity index (χ0v) is 18.1. The van der Waals surface area contributed by atoms with Crippen LogP contribution < -0.4 is 15.4 Å². The van der Waals surface area contributed by atoms with Crippen LogP contribution in [0.4, 0.5) is 10.5 Å². The van der Waals surface area contributed by atoms with Gasteiger partial charge >= 0.3 is 16.4 Å². The second-order valence-corrected chi connectivity index (χ2v) is 8.83. The number of hydrogen-bond acceptors (Lipinski definition) is 5.